The largest absolute Gasteiger partial charge is 0.312 e. The van der Waals surface area contributed by atoms with Crippen LogP contribution in [0.3, 0.4) is 0 Å². The first-order valence-corrected chi connectivity index (χ1v) is 5.15. The van der Waals surface area contributed by atoms with Gasteiger partial charge >= 0.3 is 0 Å². The predicted molar refractivity (Wildman–Crippen MR) is 61.9 cm³/mol. The average molecular weight is 192 g/mol. The van der Waals surface area contributed by atoms with E-state index in [2.05, 4.69) is 24.4 Å². The van der Waals surface area contributed by atoms with Gasteiger partial charge in [0.1, 0.15) is 0 Å². The molecule has 2 N–H and O–H groups in total. The summed E-state index contributed by atoms with van der Waals surface area (Å²) >= 11 is 0. The summed E-state index contributed by atoms with van der Waals surface area (Å²) in [6.45, 7) is 8.34. The molecule has 0 unspecified atom stereocenters. The molecule has 2 heteroatoms. The van der Waals surface area contributed by atoms with Crippen molar-refractivity contribution in [2.24, 2.45) is 5.41 Å². The van der Waals surface area contributed by atoms with E-state index in [0.717, 1.165) is 19.5 Å². The van der Waals surface area contributed by atoms with Crippen molar-refractivity contribution in [2.75, 3.05) is 13.1 Å². The first-order valence-electron chi connectivity index (χ1n) is 5.15. The number of hydrogen-bond donors (Lipinski definition) is 2. The molecule has 0 amide bonds. The molecule has 14 heavy (non-hydrogen) atoms. The van der Waals surface area contributed by atoms with Crippen molar-refractivity contribution in [3.8, 4) is 0 Å². The molecule has 0 aromatic carbocycles. The lowest BCUT2D eigenvalue weighted by Crippen LogP contribution is -2.24. The standard InChI is InChI=1S/C12H20N2/c1-10-5-7-14-8-11(10)4-6-12(2,3)9-13/h4,6,9,13-14H,5,7-8H2,1-3H3/b6-4-,13-9?. The molecule has 1 rings (SSSR count). The third kappa shape index (κ3) is 3.11. The molecular weight excluding hydrogens is 172 g/mol. The van der Waals surface area contributed by atoms with Gasteiger partial charge in [-0.15, -0.1) is 0 Å². The van der Waals surface area contributed by atoms with Gasteiger partial charge in [-0.2, -0.15) is 0 Å². The second kappa shape index (κ2) is 4.56. The molecule has 0 saturated carbocycles. The summed E-state index contributed by atoms with van der Waals surface area (Å²) in [7, 11) is 0. The summed E-state index contributed by atoms with van der Waals surface area (Å²) in [6.07, 6.45) is 6.89. The summed E-state index contributed by atoms with van der Waals surface area (Å²) < 4.78 is 0. The smallest absolute Gasteiger partial charge is 0.0204 e. The minimum atomic E-state index is -0.120. The maximum atomic E-state index is 7.27. The molecule has 1 aliphatic heterocycles. The summed E-state index contributed by atoms with van der Waals surface area (Å²) in [6, 6.07) is 0. The van der Waals surface area contributed by atoms with Crippen molar-refractivity contribution < 1.29 is 0 Å². The van der Waals surface area contributed by atoms with Gasteiger partial charge in [-0.05, 0) is 25.5 Å². The molecule has 0 aromatic heterocycles. The van der Waals surface area contributed by atoms with Crippen LogP contribution in [-0.2, 0) is 0 Å². The Labute approximate surface area is 86.6 Å². The van der Waals surface area contributed by atoms with Crippen molar-refractivity contribution in [3.05, 3.63) is 23.3 Å². The van der Waals surface area contributed by atoms with E-state index >= 15 is 0 Å². The van der Waals surface area contributed by atoms with Gasteiger partial charge in [0.25, 0.3) is 0 Å². The summed E-state index contributed by atoms with van der Waals surface area (Å²) in [5.41, 5.74) is 2.73. The van der Waals surface area contributed by atoms with Gasteiger partial charge in [0, 0.05) is 18.2 Å². The van der Waals surface area contributed by atoms with E-state index < -0.39 is 0 Å². The van der Waals surface area contributed by atoms with E-state index in [0.29, 0.717) is 0 Å². The summed E-state index contributed by atoms with van der Waals surface area (Å²) in [5.74, 6) is 0. The number of nitrogens with one attached hydrogen (secondary N) is 2. The van der Waals surface area contributed by atoms with Crippen LogP contribution in [0.25, 0.3) is 0 Å². The van der Waals surface area contributed by atoms with Crippen LogP contribution in [-0.4, -0.2) is 19.3 Å². The molecule has 0 saturated heterocycles. The Morgan fingerprint density at radius 3 is 2.71 bits per heavy atom. The maximum absolute atomic E-state index is 7.27. The molecule has 0 radical (unpaired) electrons. The Morgan fingerprint density at radius 2 is 2.14 bits per heavy atom. The van der Waals surface area contributed by atoms with E-state index in [1.807, 2.05) is 13.8 Å². The second-order valence-corrected chi connectivity index (χ2v) is 4.53. The predicted octanol–water partition coefficient (Wildman–Crippen LogP) is 2.53. The first kappa shape index (κ1) is 11.2. The Hall–Kier alpha value is -0.890. The summed E-state index contributed by atoms with van der Waals surface area (Å²) in [5, 5.41) is 10.6. The van der Waals surface area contributed by atoms with Crippen molar-refractivity contribution in [2.45, 2.75) is 27.2 Å². The van der Waals surface area contributed by atoms with Crippen LogP contribution >= 0.6 is 0 Å². The third-order valence-electron chi connectivity index (χ3n) is 2.63. The monoisotopic (exact) mass is 192 g/mol. The minimum Gasteiger partial charge on any atom is -0.312 e. The lowest BCUT2D eigenvalue weighted by Gasteiger charge is -2.18. The number of allylic oxidation sites excluding steroid dienone is 1. The third-order valence-corrected chi connectivity index (χ3v) is 2.63. The molecule has 0 fully saturated rings. The number of hydrogen-bond acceptors (Lipinski definition) is 2. The van der Waals surface area contributed by atoms with Crippen molar-refractivity contribution >= 4 is 6.21 Å². The molecule has 0 spiro atoms. The Kier molecular flexibility index (Phi) is 3.64. The zero-order chi connectivity index (χ0) is 10.6. The van der Waals surface area contributed by atoms with E-state index in [4.69, 9.17) is 5.41 Å². The molecule has 0 atom stereocenters. The van der Waals surface area contributed by atoms with E-state index in [1.54, 1.807) is 0 Å². The van der Waals surface area contributed by atoms with Crippen LogP contribution in [0.2, 0.25) is 0 Å². The van der Waals surface area contributed by atoms with Gasteiger partial charge in [-0.1, -0.05) is 31.6 Å². The van der Waals surface area contributed by atoms with Gasteiger partial charge in [-0.25, -0.2) is 0 Å². The Balaban J connectivity index is 2.72. The zero-order valence-corrected chi connectivity index (χ0v) is 9.35. The van der Waals surface area contributed by atoms with Gasteiger partial charge in [0.05, 0.1) is 0 Å². The van der Waals surface area contributed by atoms with Crippen LogP contribution in [0.1, 0.15) is 27.2 Å². The fraction of sp³-hybridized carbons (Fsp3) is 0.583. The molecular formula is C12H20N2. The fourth-order valence-electron chi connectivity index (χ4n) is 1.38. The second-order valence-electron chi connectivity index (χ2n) is 4.53. The van der Waals surface area contributed by atoms with Gasteiger partial charge in [0.15, 0.2) is 0 Å². The van der Waals surface area contributed by atoms with Crippen molar-refractivity contribution in [1.29, 1.82) is 5.41 Å². The van der Waals surface area contributed by atoms with Crippen LogP contribution in [0.15, 0.2) is 23.3 Å². The highest BCUT2D eigenvalue weighted by Crippen LogP contribution is 2.18. The minimum absolute atomic E-state index is 0.120. The van der Waals surface area contributed by atoms with Crippen LogP contribution in [0, 0.1) is 10.8 Å². The SMILES string of the molecule is CC1=C(/C=C\C(C)(C)C=N)CNCC1. The molecule has 2 nitrogen and oxygen atoms in total. The highest BCUT2D eigenvalue weighted by molar-refractivity contribution is 5.64. The van der Waals surface area contributed by atoms with E-state index in [-0.39, 0.29) is 5.41 Å². The molecule has 0 bridgehead atoms. The normalized spacial score (nSPS) is 19.1. The lowest BCUT2D eigenvalue weighted by molar-refractivity contribution is 0.672. The molecule has 0 aliphatic carbocycles. The van der Waals surface area contributed by atoms with E-state index in [9.17, 15) is 0 Å². The highest BCUT2D eigenvalue weighted by Gasteiger charge is 2.10. The molecule has 78 valence electrons. The molecule has 0 aromatic rings. The fourth-order valence-corrected chi connectivity index (χ4v) is 1.38. The molecule has 1 aliphatic rings. The topological polar surface area (TPSA) is 35.9 Å². The van der Waals surface area contributed by atoms with Crippen LogP contribution < -0.4 is 5.32 Å². The highest BCUT2D eigenvalue weighted by atomic mass is 14.9. The zero-order valence-electron chi connectivity index (χ0n) is 9.35. The quantitative estimate of drug-likeness (QED) is 0.662. The van der Waals surface area contributed by atoms with Crippen LogP contribution in [0.5, 0.6) is 0 Å². The molecule has 1 heterocycles. The van der Waals surface area contributed by atoms with Crippen molar-refractivity contribution in [1.82, 2.24) is 5.32 Å². The van der Waals surface area contributed by atoms with Crippen molar-refractivity contribution in [3.63, 3.8) is 0 Å². The van der Waals surface area contributed by atoms with Gasteiger partial charge in [0.2, 0.25) is 0 Å². The Bertz CT molecular complexity index is 272. The van der Waals surface area contributed by atoms with Crippen LogP contribution in [0.4, 0.5) is 0 Å². The number of rotatable bonds is 3. The van der Waals surface area contributed by atoms with E-state index in [1.165, 1.54) is 17.4 Å². The van der Waals surface area contributed by atoms with Gasteiger partial charge in [-0.3, -0.25) is 0 Å². The Morgan fingerprint density at radius 1 is 1.43 bits per heavy atom. The maximum Gasteiger partial charge on any atom is 0.0204 e. The van der Waals surface area contributed by atoms with Gasteiger partial charge < -0.3 is 10.7 Å². The lowest BCUT2D eigenvalue weighted by atomic mass is 9.92. The first-order chi connectivity index (χ1) is 6.55. The average Bonchev–Trinajstić information content (AvgIpc) is 2.17. The summed E-state index contributed by atoms with van der Waals surface area (Å²) in [4.78, 5) is 0.